The number of non-ortho nitro benzene ring substituents is 1. The van der Waals surface area contributed by atoms with Crippen LogP contribution in [0.25, 0.3) is 0 Å². The molecule has 2 heterocycles. The molecule has 2 aliphatic rings. The number of carbonyl (C=O) groups is 1. The predicted molar refractivity (Wildman–Crippen MR) is 102 cm³/mol. The highest BCUT2D eigenvalue weighted by Gasteiger charge is 2.41. The third kappa shape index (κ3) is 3.10. The molecule has 1 amide bonds. The minimum Gasteiger partial charge on any atom is -0.369 e. The molecule has 9 nitrogen and oxygen atoms in total. The minimum absolute atomic E-state index is 0.0178. The molecule has 0 aliphatic carbocycles. The van der Waals surface area contributed by atoms with Crippen molar-refractivity contribution in [1.82, 2.24) is 9.21 Å². The number of hydrogen-bond acceptors (Lipinski definition) is 7. The van der Waals surface area contributed by atoms with Crippen LogP contribution in [-0.4, -0.2) is 61.3 Å². The van der Waals surface area contributed by atoms with Gasteiger partial charge in [0.25, 0.3) is 21.6 Å². The van der Waals surface area contributed by atoms with E-state index in [0.717, 1.165) is 9.99 Å². The van der Waals surface area contributed by atoms with Gasteiger partial charge in [0.1, 0.15) is 4.90 Å². The van der Waals surface area contributed by atoms with Crippen molar-refractivity contribution in [3.63, 3.8) is 0 Å². The fraction of sp³-hybridized carbons (Fsp3) is 0.278. The first-order valence-corrected chi connectivity index (χ1v) is 10.2. The van der Waals surface area contributed by atoms with E-state index in [9.17, 15) is 23.3 Å². The number of hydrogen-bond donors (Lipinski definition) is 0. The summed E-state index contributed by atoms with van der Waals surface area (Å²) in [6, 6.07) is 12.6. The van der Waals surface area contributed by atoms with Crippen LogP contribution in [0.1, 0.15) is 10.4 Å². The number of nitro benzene ring substituents is 1. The van der Waals surface area contributed by atoms with Crippen LogP contribution in [0.2, 0.25) is 0 Å². The van der Waals surface area contributed by atoms with Gasteiger partial charge >= 0.3 is 0 Å². The van der Waals surface area contributed by atoms with E-state index in [-0.39, 0.29) is 22.8 Å². The third-order valence-electron chi connectivity index (χ3n) is 5.04. The molecule has 1 saturated heterocycles. The van der Waals surface area contributed by atoms with Crippen molar-refractivity contribution in [2.24, 2.45) is 0 Å². The highest BCUT2D eigenvalue weighted by atomic mass is 32.2. The van der Waals surface area contributed by atoms with Crippen LogP contribution in [0.5, 0.6) is 0 Å². The molecule has 0 N–H and O–H groups in total. The van der Waals surface area contributed by atoms with Gasteiger partial charge in [0, 0.05) is 44.0 Å². The molecule has 2 aromatic rings. The lowest BCUT2D eigenvalue weighted by Gasteiger charge is -2.37. The number of benzene rings is 2. The van der Waals surface area contributed by atoms with Gasteiger partial charge in [-0.2, -0.15) is 0 Å². The molecule has 28 heavy (non-hydrogen) atoms. The number of fused-ring (bicyclic) bond motifs is 1. The Labute approximate surface area is 162 Å². The monoisotopic (exact) mass is 402 g/mol. The molecule has 146 valence electrons. The van der Waals surface area contributed by atoms with Gasteiger partial charge in [-0.05, 0) is 24.3 Å². The number of piperazine rings is 1. The predicted octanol–water partition coefficient (Wildman–Crippen LogP) is 1.52. The molecule has 2 aliphatic heterocycles. The summed E-state index contributed by atoms with van der Waals surface area (Å²) in [5, 5.41) is 10.8. The molecule has 2 aromatic carbocycles. The number of anilines is 1. The van der Waals surface area contributed by atoms with Gasteiger partial charge < -0.3 is 4.90 Å². The number of amides is 1. The SMILES string of the molecule is O=C1c2ccccc2S(=O)(=O)N1CN1CCN(c2ccc([N+](=O)[O-])cc2)CC1. The Balaban J connectivity index is 1.41. The van der Waals surface area contributed by atoms with E-state index < -0.39 is 20.9 Å². The molecule has 4 rings (SSSR count). The van der Waals surface area contributed by atoms with E-state index in [1.807, 2.05) is 4.90 Å². The van der Waals surface area contributed by atoms with Crippen molar-refractivity contribution in [3.8, 4) is 0 Å². The standard InChI is InChI=1S/C18H18N4O5S/c23-18-16-3-1-2-4-17(16)28(26,27)21(18)13-19-9-11-20(12-10-19)14-5-7-15(8-6-14)22(24)25/h1-8H,9-13H2. The summed E-state index contributed by atoms with van der Waals surface area (Å²) in [7, 11) is -3.81. The van der Waals surface area contributed by atoms with E-state index in [0.29, 0.717) is 26.2 Å². The molecule has 0 radical (unpaired) electrons. The van der Waals surface area contributed by atoms with Crippen molar-refractivity contribution in [2.75, 3.05) is 37.7 Å². The van der Waals surface area contributed by atoms with Gasteiger partial charge in [0.05, 0.1) is 17.2 Å². The highest BCUT2D eigenvalue weighted by Crippen LogP contribution is 2.30. The molecule has 0 atom stereocenters. The van der Waals surface area contributed by atoms with E-state index in [4.69, 9.17) is 0 Å². The quantitative estimate of drug-likeness (QED) is 0.564. The lowest BCUT2D eigenvalue weighted by atomic mass is 10.2. The van der Waals surface area contributed by atoms with Gasteiger partial charge in [-0.15, -0.1) is 0 Å². The van der Waals surface area contributed by atoms with Crippen molar-refractivity contribution in [3.05, 3.63) is 64.2 Å². The van der Waals surface area contributed by atoms with Crippen LogP contribution >= 0.6 is 0 Å². The molecule has 0 spiro atoms. The van der Waals surface area contributed by atoms with Crippen molar-refractivity contribution >= 4 is 27.3 Å². The van der Waals surface area contributed by atoms with Crippen LogP contribution in [0.4, 0.5) is 11.4 Å². The van der Waals surface area contributed by atoms with E-state index in [2.05, 4.69) is 4.90 Å². The highest BCUT2D eigenvalue weighted by molar-refractivity contribution is 7.90. The molecule has 10 heteroatoms. The number of nitro groups is 1. The molecule has 0 saturated carbocycles. The molecule has 1 fully saturated rings. The zero-order valence-corrected chi connectivity index (χ0v) is 15.7. The minimum atomic E-state index is -3.81. The fourth-order valence-corrected chi connectivity index (χ4v) is 5.04. The lowest BCUT2D eigenvalue weighted by molar-refractivity contribution is -0.384. The zero-order valence-electron chi connectivity index (χ0n) is 14.9. The maximum absolute atomic E-state index is 12.7. The summed E-state index contributed by atoms with van der Waals surface area (Å²) >= 11 is 0. The second-order valence-corrected chi connectivity index (χ2v) is 8.51. The average molecular weight is 402 g/mol. The number of rotatable bonds is 4. The van der Waals surface area contributed by atoms with E-state index in [1.165, 1.54) is 24.3 Å². The Kier molecular flexibility index (Phi) is 4.52. The Bertz CT molecular complexity index is 1030. The molecular weight excluding hydrogens is 384 g/mol. The maximum atomic E-state index is 12.7. The van der Waals surface area contributed by atoms with Crippen LogP contribution in [0.3, 0.4) is 0 Å². The van der Waals surface area contributed by atoms with E-state index >= 15 is 0 Å². The number of nitrogens with zero attached hydrogens (tertiary/aromatic N) is 4. The molecule has 0 unspecified atom stereocenters. The third-order valence-corrected chi connectivity index (χ3v) is 6.81. The second kappa shape index (κ2) is 6.88. The molecular formula is C18H18N4O5S. The van der Waals surface area contributed by atoms with Gasteiger partial charge in [-0.3, -0.25) is 19.8 Å². The number of sulfonamides is 1. The Hall–Kier alpha value is -2.98. The first-order valence-electron chi connectivity index (χ1n) is 8.76. The summed E-state index contributed by atoms with van der Waals surface area (Å²) in [5.41, 5.74) is 1.13. The van der Waals surface area contributed by atoms with Gasteiger partial charge in [-0.25, -0.2) is 12.7 Å². The Morgan fingerprint density at radius 2 is 1.61 bits per heavy atom. The van der Waals surface area contributed by atoms with Gasteiger partial charge in [0.15, 0.2) is 0 Å². The zero-order chi connectivity index (χ0) is 19.9. The summed E-state index contributed by atoms with van der Waals surface area (Å²) < 4.78 is 26.2. The fourth-order valence-electron chi connectivity index (χ4n) is 3.49. The van der Waals surface area contributed by atoms with Crippen LogP contribution in [0.15, 0.2) is 53.4 Å². The van der Waals surface area contributed by atoms with Crippen LogP contribution < -0.4 is 4.90 Å². The summed E-state index contributed by atoms with van der Waals surface area (Å²) in [6.45, 7) is 2.43. The Morgan fingerprint density at radius 1 is 0.964 bits per heavy atom. The molecule has 0 bridgehead atoms. The normalized spacial score (nSPS) is 18.9. The van der Waals surface area contributed by atoms with Crippen molar-refractivity contribution in [2.45, 2.75) is 4.90 Å². The number of carbonyl (C=O) groups excluding carboxylic acids is 1. The topological polar surface area (TPSA) is 104 Å². The second-order valence-electron chi connectivity index (χ2n) is 6.67. The van der Waals surface area contributed by atoms with Crippen molar-refractivity contribution in [1.29, 1.82) is 0 Å². The van der Waals surface area contributed by atoms with Crippen LogP contribution in [-0.2, 0) is 10.0 Å². The smallest absolute Gasteiger partial charge is 0.270 e. The van der Waals surface area contributed by atoms with E-state index in [1.54, 1.807) is 24.3 Å². The van der Waals surface area contributed by atoms with Crippen molar-refractivity contribution < 1.29 is 18.1 Å². The first-order chi connectivity index (χ1) is 13.4. The van der Waals surface area contributed by atoms with Gasteiger partial charge in [-0.1, -0.05) is 12.1 Å². The summed E-state index contributed by atoms with van der Waals surface area (Å²) in [5.74, 6) is -0.492. The largest absolute Gasteiger partial charge is 0.369 e. The lowest BCUT2D eigenvalue weighted by Crippen LogP contribution is -2.51. The Morgan fingerprint density at radius 3 is 2.21 bits per heavy atom. The van der Waals surface area contributed by atoms with Crippen LogP contribution in [0, 0.1) is 10.1 Å². The summed E-state index contributed by atoms with van der Waals surface area (Å²) in [6.07, 6.45) is 0. The average Bonchev–Trinajstić information content (AvgIpc) is 2.90. The maximum Gasteiger partial charge on any atom is 0.270 e. The molecule has 0 aromatic heterocycles. The van der Waals surface area contributed by atoms with Gasteiger partial charge in [0.2, 0.25) is 0 Å². The summed E-state index contributed by atoms with van der Waals surface area (Å²) in [4.78, 5) is 26.9. The first kappa shape index (κ1) is 18.4.